The number of imidazole rings is 1. The van der Waals surface area contributed by atoms with Gasteiger partial charge in [0.2, 0.25) is 0 Å². The summed E-state index contributed by atoms with van der Waals surface area (Å²) in [7, 11) is 0. The minimum absolute atomic E-state index is 0.0145. The maximum Gasteiger partial charge on any atom is 0.293 e. The number of hydrogen-bond acceptors (Lipinski definition) is 8. The Morgan fingerprint density at radius 1 is 1.35 bits per heavy atom. The van der Waals surface area contributed by atoms with Crippen LogP contribution < -0.4 is 5.73 Å². The van der Waals surface area contributed by atoms with E-state index >= 15 is 0 Å². The Hall–Kier alpha value is -1.88. The summed E-state index contributed by atoms with van der Waals surface area (Å²) in [4.78, 5) is 11.1. The number of nitrogens with zero attached hydrogens (tertiary/aromatic N) is 4. The Labute approximate surface area is 111 Å². The van der Waals surface area contributed by atoms with Crippen molar-refractivity contribution in [2.75, 3.05) is 12.3 Å². The van der Waals surface area contributed by atoms with E-state index in [1.54, 1.807) is 0 Å². The van der Waals surface area contributed by atoms with Crippen molar-refractivity contribution in [1.82, 2.24) is 19.5 Å². The number of rotatable bonds is 2. The minimum atomic E-state index is -1.43. The number of fused-ring (bicyclic) bond motifs is 1. The molecule has 3 heterocycles. The first-order valence-corrected chi connectivity index (χ1v) is 5.81. The van der Waals surface area contributed by atoms with Crippen LogP contribution >= 0.6 is 0 Å². The first-order chi connectivity index (χ1) is 9.54. The largest absolute Gasteiger partial charge is 0.394 e. The lowest BCUT2D eigenvalue weighted by Crippen LogP contribution is -2.33. The first-order valence-electron chi connectivity index (χ1n) is 5.81. The normalized spacial score (nSPS) is 30.2. The van der Waals surface area contributed by atoms with Crippen LogP contribution in [-0.4, -0.2) is 59.8 Å². The highest BCUT2D eigenvalue weighted by atomic mass is 19.1. The van der Waals surface area contributed by atoms with E-state index in [0.717, 1.165) is 10.9 Å². The van der Waals surface area contributed by atoms with Gasteiger partial charge in [-0.25, -0.2) is 9.97 Å². The van der Waals surface area contributed by atoms with Gasteiger partial charge in [-0.1, -0.05) is 0 Å². The van der Waals surface area contributed by atoms with Crippen molar-refractivity contribution in [3.8, 4) is 0 Å². The standard InChI is InChI=1S/C10H12FN5O4/c11-10-15-4-7(12)13-2-14-8(4)16(10)9-6(19)5(18)3(1-17)20-9/h2-3,5-6,9,17-19H,1H2,(H2,12,13,14)/t3-,5?,6?,9-/m1/s1. The van der Waals surface area contributed by atoms with E-state index in [1.165, 1.54) is 0 Å². The van der Waals surface area contributed by atoms with Crippen LogP contribution in [0.15, 0.2) is 6.33 Å². The van der Waals surface area contributed by atoms with Gasteiger partial charge in [-0.3, -0.25) is 4.57 Å². The lowest BCUT2D eigenvalue weighted by molar-refractivity contribution is -0.0558. The van der Waals surface area contributed by atoms with Gasteiger partial charge in [0.25, 0.3) is 6.08 Å². The summed E-state index contributed by atoms with van der Waals surface area (Å²) >= 11 is 0. The average Bonchev–Trinajstić information content (AvgIpc) is 2.90. The van der Waals surface area contributed by atoms with Crippen molar-refractivity contribution in [2.24, 2.45) is 0 Å². The Bertz CT molecular complexity index is 650. The van der Waals surface area contributed by atoms with Crippen LogP contribution in [0.2, 0.25) is 0 Å². The molecule has 5 N–H and O–H groups in total. The molecule has 9 nitrogen and oxygen atoms in total. The fourth-order valence-electron chi connectivity index (χ4n) is 2.22. The molecule has 2 aromatic rings. The van der Waals surface area contributed by atoms with E-state index in [1.807, 2.05) is 0 Å². The third-order valence-electron chi connectivity index (χ3n) is 3.23. The number of anilines is 1. The van der Waals surface area contributed by atoms with Gasteiger partial charge in [-0.2, -0.15) is 9.37 Å². The lowest BCUT2D eigenvalue weighted by atomic mass is 10.1. The van der Waals surface area contributed by atoms with Crippen LogP contribution in [0.5, 0.6) is 0 Å². The van der Waals surface area contributed by atoms with Gasteiger partial charge in [0, 0.05) is 0 Å². The molecule has 0 bridgehead atoms. The Balaban J connectivity index is 2.11. The smallest absolute Gasteiger partial charge is 0.293 e. The van der Waals surface area contributed by atoms with Gasteiger partial charge in [0.1, 0.15) is 24.6 Å². The third-order valence-corrected chi connectivity index (χ3v) is 3.23. The molecule has 2 unspecified atom stereocenters. The summed E-state index contributed by atoms with van der Waals surface area (Å²) in [6.45, 7) is -0.514. The molecule has 1 aliphatic rings. The molecule has 3 rings (SSSR count). The van der Waals surface area contributed by atoms with Gasteiger partial charge in [-0.05, 0) is 0 Å². The van der Waals surface area contributed by atoms with Gasteiger partial charge < -0.3 is 25.8 Å². The zero-order chi connectivity index (χ0) is 14.4. The van der Waals surface area contributed by atoms with Gasteiger partial charge >= 0.3 is 0 Å². The molecule has 0 radical (unpaired) electrons. The fourth-order valence-corrected chi connectivity index (χ4v) is 2.22. The highest BCUT2D eigenvalue weighted by Gasteiger charge is 2.45. The number of aromatic nitrogens is 4. The molecule has 0 saturated carbocycles. The van der Waals surface area contributed by atoms with Crippen molar-refractivity contribution in [2.45, 2.75) is 24.5 Å². The number of nitrogen functional groups attached to an aromatic ring is 1. The number of aliphatic hydroxyl groups excluding tert-OH is 3. The summed E-state index contributed by atoms with van der Waals surface area (Å²) in [5, 5.41) is 28.6. The van der Waals surface area contributed by atoms with Crippen molar-refractivity contribution < 1.29 is 24.4 Å². The lowest BCUT2D eigenvalue weighted by Gasteiger charge is -2.16. The Kier molecular flexibility index (Phi) is 3.01. The number of nitrogens with two attached hydrogens (primary N) is 1. The number of ether oxygens (including phenoxy) is 1. The van der Waals surface area contributed by atoms with E-state index in [4.69, 9.17) is 15.6 Å². The Morgan fingerprint density at radius 3 is 2.75 bits per heavy atom. The van der Waals surface area contributed by atoms with Crippen LogP contribution in [0.25, 0.3) is 11.2 Å². The quantitative estimate of drug-likeness (QED) is 0.472. The molecule has 0 amide bonds. The van der Waals surface area contributed by atoms with Crippen LogP contribution in [-0.2, 0) is 4.74 Å². The molecule has 108 valence electrons. The monoisotopic (exact) mass is 285 g/mol. The highest BCUT2D eigenvalue weighted by molar-refractivity contribution is 5.81. The van der Waals surface area contributed by atoms with E-state index in [9.17, 15) is 14.6 Å². The second kappa shape index (κ2) is 4.59. The molecule has 2 aromatic heterocycles. The van der Waals surface area contributed by atoms with Crippen LogP contribution in [0, 0.1) is 6.08 Å². The first kappa shape index (κ1) is 13.1. The third kappa shape index (κ3) is 1.73. The van der Waals surface area contributed by atoms with E-state index in [0.29, 0.717) is 0 Å². The summed E-state index contributed by atoms with van der Waals surface area (Å²) in [6, 6.07) is 0. The predicted molar refractivity (Wildman–Crippen MR) is 62.7 cm³/mol. The molecule has 10 heteroatoms. The van der Waals surface area contributed by atoms with Crippen LogP contribution in [0.1, 0.15) is 6.23 Å². The average molecular weight is 285 g/mol. The van der Waals surface area contributed by atoms with Crippen molar-refractivity contribution in [3.63, 3.8) is 0 Å². The summed E-state index contributed by atoms with van der Waals surface area (Å²) in [5.74, 6) is -0.0145. The predicted octanol–water partition coefficient (Wildman–Crippen LogP) is -1.84. The molecular formula is C10H12FN5O4. The van der Waals surface area contributed by atoms with Crippen molar-refractivity contribution in [3.05, 3.63) is 12.4 Å². The minimum Gasteiger partial charge on any atom is -0.394 e. The summed E-state index contributed by atoms with van der Waals surface area (Å²) < 4.78 is 20.1. The molecule has 1 fully saturated rings. The fraction of sp³-hybridized carbons (Fsp3) is 0.500. The highest BCUT2D eigenvalue weighted by Crippen LogP contribution is 2.32. The topological polar surface area (TPSA) is 140 Å². The number of hydrogen-bond donors (Lipinski definition) is 4. The maximum atomic E-state index is 14.0. The number of halogens is 1. The molecule has 0 aliphatic carbocycles. The van der Waals surface area contributed by atoms with Crippen molar-refractivity contribution >= 4 is 17.0 Å². The molecule has 0 spiro atoms. The molecule has 1 saturated heterocycles. The van der Waals surface area contributed by atoms with Crippen LogP contribution in [0.3, 0.4) is 0 Å². The van der Waals surface area contributed by atoms with E-state index < -0.39 is 37.2 Å². The maximum absolute atomic E-state index is 14.0. The second-order valence-electron chi connectivity index (χ2n) is 4.41. The number of aliphatic hydroxyl groups is 3. The summed E-state index contributed by atoms with van der Waals surface area (Å²) in [5.41, 5.74) is 5.63. The molecule has 1 aliphatic heterocycles. The zero-order valence-corrected chi connectivity index (χ0v) is 10.1. The van der Waals surface area contributed by atoms with E-state index in [2.05, 4.69) is 15.0 Å². The zero-order valence-electron chi connectivity index (χ0n) is 10.1. The van der Waals surface area contributed by atoms with Gasteiger partial charge in [0.15, 0.2) is 23.2 Å². The Morgan fingerprint density at radius 2 is 2.10 bits per heavy atom. The molecule has 4 atom stereocenters. The van der Waals surface area contributed by atoms with Gasteiger partial charge in [0.05, 0.1) is 6.61 Å². The molecule has 20 heavy (non-hydrogen) atoms. The van der Waals surface area contributed by atoms with Crippen molar-refractivity contribution in [1.29, 1.82) is 0 Å². The SMILES string of the molecule is Nc1ncnc2c1nc(F)n2[C@@H]1O[C@H](CO)C(O)C1O. The second-order valence-corrected chi connectivity index (χ2v) is 4.41. The van der Waals surface area contributed by atoms with Gasteiger partial charge in [-0.15, -0.1) is 0 Å². The molecule has 0 aromatic carbocycles. The summed E-state index contributed by atoms with van der Waals surface area (Å²) in [6.07, 6.45) is -4.93. The van der Waals surface area contributed by atoms with Crippen LogP contribution in [0.4, 0.5) is 10.2 Å². The molecular weight excluding hydrogens is 273 g/mol. The van der Waals surface area contributed by atoms with E-state index in [-0.39, 0.29) is 17.0 Å².